The average Bonchev–Trinajstić information content (AvgIpc) is 2.45. The average molecular weight is 404 g/mol. The third-order valence-electron chi connectivity index (χ3n) is 2.74. The number of hydrogen-bond acceptors (Lipinski definition) is 2. The molecule has 0 aliphatic rings. The Labute approximate surface area is 144 Å². The number of halogens is 1. The molecule has 0 atom stereocenters. The lowest BCUT2D eigenvalue weighted by Crippen LogP contribution is -2.39. The summed E-state index contributed by atoms with van der Waals surface area (Å²) in [5, 5.41) is 6.34. The highest BCUT2D eigenvalue weighted by Gasteiger charge is 2.04. The SMILES string of the molecule is CCNC(=NCc1ccccc1)NCCC(=O)N(C)C.I. The summed E-state index contributed by atoms with van der Waals surface area (Å²) in [6, 6.07) is 10.1. The van der Waals surface area contributed by atoms with Crippen LogP contribution in [0.4, 0.5) is 0 Å². The van der Waals surface area contributed by atoms with Crippen LogP contribution in [-0.2, 0) is 11.3 Å². The molecule has 0 unspecified atom stereocenters. The number of benzene rings is 1. The van der Waals surface area contributed by atoms with Gasteiger partial charge in [-0.05, 0) is 12.5 Å². The van der Waals surface area contributed by atoms with E-state index in [9.17, 15) is 4.79 Å². The van der Waals surface area contributed by atoms with Crippen molar-refractivity contribution in [3.05, 3.63) is 35.9 Å². The Bertz CT molecular complexity index is 435. The fourth-order valence-corrected chi connectivity index (χ4v) is 1.61. The Kier molecular flexibility index (Phi) is 10.7. The van der Waals surface area contributed by atoms with Gasteiger partial charge < -0.3 is 15.5 Å². The number of rotatable bonds is 6. The van der Waals surface area contributed by atoms with Crippen molar-refractivity contribution in [1.82, 2.24) is 15.5 Å². The maximum atomic E-state index is 11.5. The van der Waals surface area contributed by atoms with Crippen LogP contribution in [0.2, 0.25) is 0 Å². The first kappa shape index (κ1) is 19.7. The first-order valence-electron chi connectivity index (χ1n) is 6.89. The zero-order valence-corrected chi connectivity index (χ0v) is 15.3. The zero-order chi connectivity index (χ0) is 14.8. The first-order valence-corrected chi connectivity index (χ1v) is 6.89. The van der Waals surface area contributed by atoms with E-state index in [-0.39, 0.29) is 29.9 Å². The molecule has 0 aromatic heterocycles. The second kappa shape index (κ2) is 11.4. The highest BCUT2D eigenvalue weighted by atomic mass is 127. The fourth-order valence-electron chi connectivity index (χ4n) is 1.61. The number of nitrogens with zero attached hydrogens (tertiary/aromatic N) is 2. The van der Waals surface area contributed by atoms with Crippen molar-refractivity contribution >= 4 is 35.8 Å². The summed E-state index contributed by atoms with van der Waals surface area (Å²) in [4.78, 5) is 17.6. The van der Waals surface area contributed by atoms with Crippen molar-refractivity contribution in [2.24, 2.45) is 4.99 Å². The molecule has 0 radical (unpaired) electrons. The largest absolute Gasteiger partial charge is 0.357 e. The third-order valence-corrected chi connectivity index (χ3v) is 2.74. The molecule has 1 aromatic carbocycles. The van der Waals surface area contributed by atoms with Crippen molar-refractivity contribution in [1.29, 1.82) is 0 Å². The number of aliphatic imine (C=N–C) groups is 1. The van der Waals surface area contributed by atoms with Gasteiger partial charge in [-0.25, -0.2) is 4.99 Å². The van der Waals surface area contributed by atoms with Gasteiger partial charge in [0.25, 0.3) is 0 Å². The van der Waals surface area contributed by atoms with Crippen LogP contribution >= 0.6 is 24.0 Å². The van der Waals surface area contributed by atoms with Gasteiger partial charge in [0.2, 0.25) is 5.91 Å². The second-order valence-electron chi connectivity index (χ2n) is 4.65. The number of carbonyl (C=O) groups excluding carboxylic acids is 1. The molecule has 0 spiro atoms. The smallest absolute Gasteiger partial charge is 0.223 e. The molecule has 0 heterocycles. The molecule has 0 fully saturated rings. The van der Waals surface area contributed by atoms with Crippen LogP contribution in [0.1, 0.15) is 18.9 Å². The molecule has 0 saturated heterocycles. The van der Waals surface area contributed by atoms with E-state index in [0.717, 1.165) is 18.1 Å². The number of nitrogens with one attached hydrogen (secondary N) is 2. The molecule has 1 rings (SSSR count). The van der Waals surface area contributed by atoms with E-state index in [4.69, 9.17) is 0 Å². The van der Waals surface area contributed by atoms with Crippen molar-refractivity contribution < 1.29 is 4.79 Å². The predicted octanol–water partition coefficient (Wildman–Crippen LogP) is 1.84. The zero-order valence-electron chi connectivity index (χ0n) is 12.9. The Morgan fingerprint density at radius 3 is 2.43 bits per heavy atom. The molecule has 6 heteroatoms. The maximum absolute atomic E-state index is 11.5. The Morgan fingerprint density at radius 2 is 1.86 bits per heavy atom. The van der Waals surface area contributed by atoms with Crippen LogP contribution in [0.3, 0.4) is 0 Å². The lowest BCUT2D eigenvalue weighted by molar-refractivity contribution is -0.128. The molecule has 0 saturated carbocycles. The quantitative estimate of drug-likeness (QED) is 0.432. The lowest BCUT2D eigenvalue weighted by atomic mass is 10.2. The van der Waals surface area contributed by atoms with Gasteiger partial charge in [-0.1, -0.05) is 30.3 Å². The van der Waals surface area contributed by atoms with Gasteiger partial charge >= 0.3 is 0 Å². The van der Waals surface area contributed by atoms with Crippen LogP contribution in [0.5, 0.6) is 0 Å². The molecule has 0 aliphatic carbocycles. The van der Waals surface area contributed by atoms with E-state index >= 15 is 0 Å². The Balaban J connectivity index is 0.00000400. The molecule has 1 aromatic rings. The van der Waals surface area contributed by atoms with E-state index in [1.807, 2.05) is 37.3 Å². The van der Waals surface area contributed by atoms with Gasteiger partial charge in [0, 0.05) is 33.6 Å². The molecule has 2 N–H and O–H groups in total. The molecule has 0 aliphatic heterocycles. The maximum Gasteiger partial charge on any atom is 0.223 e. The van der Waals surface area contributed by atoms with Crippen molar-refractivity contribution in [3.8, 4) is 0 Å². The number of hydrogen-bond donors (Lipinski definition) is 2. The fraction of sp³-hybridized carbons (Fsp3) is 0.467. The van der Waals surface area contributed by atoms with Crippen LogP contribution in [-0.4, -0.2) is 44.0 Å². The monoisotopic (exact) mass is 404 g/mol. The van der Waals surface area contributed by atoms with Gasteiger partial charge in [0.1, 0.15) is 0 Å². The highest BCUT2D eigenvalue weighted by Crippen LogP contribution is 1.99. The lowest BCUT2D eigenvalue weighted by Gasteiger charge is -2.13. The summed E-state index contributed by atoms with van der Waals surface area (Å²) in [5.74, 6) is 0.847. The Hall–Kier alpha value is -1.31. The summed E-state index contributed by atoms with van der Waals surface area (Å²) < 4.78 is 0. The molecule has 118 valence electrons. The van der Waals surface area contributed by atoms with Crippen molar-refractivity contribution in [2.45, 2.75) is 19.9 Å². The van der Waals surface area contributed by atoms with Gasteiger partial charge in [0.05, 0.1) is 6.54 Å². The van der Waals surface area contributed by atoms with E-state index < -0.39 is 0 Å². The number of guanidine groups is 1. The standard InChI is InChI=1S/C15H24N4O.HI/c1-4-16-15(17-11-10-14(20)19(2)3)18-12-13-8-6-5-7-9-13;/h5-9H,4,10-12H2,1-3H3,(H2,16,17,18);1H. The van der Waals surface area contributed by atoms with Crippen LogP contribution in [0, 0.1) is 0 Å². The van der Waals surface area contributed by atoms with Crippen LogP contribution in [0.25, 0.3) is 0 Å². The van der Waals surface area contributed by atoms with E-state index in [1.165, 1.54) is 0 Å². The summed E-state index contributed by atoms with van der Waals surface area (Å²) in [5.41, 5.74) is 1.16. The second-order valence-corrected chi connectivity index (χ2v) is 4.65. The highest BCUT2D eigenvalue weighted by molar-refractivity contribution is 14.0. The molecule has 5 nitrogen and oxygen atoms in total. The predicted molar refractivity (Wildman–Crippen MR) is 98.0 cm³/mol. The van der Waals surface area contributed by atoms with E-state index in [0.29, 0.717) is 19.5 Å². The van der Waals surface area contributed by atoms with E-state index in [2.05, 4.69) is 15.6 Å². The van der Waals surface area contributed by atoms with Crippen LogP contribution < -0.4 is 10.6 Å². The van der Waals surface area contributed by atoms with Gasteiger partial charge in [-0.3, -0.25) is 4.79 Å². The minimum absolute atomic E-state index is 0. The van der Waals surface area contributed by atoms with Gasteiger partial charge in [0.15, 0.2) is 5.96 Å². The minimum Gasteiger partial charge on any atom is -0.357 e. The minimum atomic E-state index is 0. The normalized spacial score (nSPS) is 10.5. The summed E-state index contributed by atoms with van der Waals surface area (Å²) >= 11 is 0. The van der Waals surface area contributed by atoms with Gasteiger partial charge in [-0.15, -0.1) is 24.0 Å². The van der Waals surface area contributed by atoms with Crippen LogP contribution in [0.15, 0.2) is 35.3 Å². The van der Waals surface area contributed by atoms with E-state index in [1.54, 1.807) is 19.0 Å². The molecule has 21 heavy (non-hydrogen) atoms. The van der Waals surface area contributed by atoms with Crippen molar-refractivity contribution in [2.75, 3.05) is 27.2 Å². The summed E-state index contributed by atoms with van der Waals surface area (Å²) in [7, 11) is 3.52. The topological polar surface area (TPSA) is 56.7 Å². The number of amides is 1. The Morgan fingerprint density at radius 1 is 1.19 bits per heavy atom. The molecular weight excluding hydrogens is 379 g/mol. The number of carbonyl (C=O) groups is 1. The third kappa shape index (κ3) is 8.54. The molecule has 0 bridgehead atoms. The summed E-state index contributed by atoms with van der Waals surface area (Å²) in [6.07, 6.45) is 0.461. The van der Waals surface area contributed by atoms with Gasteiger partial charge in [-0.2, -0.15) is 0 Å². The first-order chi connectivity index (χ1) is 9.63. The molecular formula is C15H25IN4O. The van der Waals surface area contributed by atoms with Crippen molar-refractivity contribution in [3.63, 3.8) is 0 Å². The molecule has 1 amide bonds. The summed E-state index contributed by atoms with van der Waals surface area (Å²) in [6.45, 7) is 4.02.